The van der Waals surface area contributed by atoms with Crippen molar-refractivity contribution in [2.75, 3.05) is 0 Å². The molecule has 0 radical (unpaired) electrons. The molecule has 118 valence electrons. The predicted molar refractivity (Wildman–Crippen MR) is 97.0 cm³/mol. The molecule has 2 aromatic heterocycles. The Bertz CT molecular complexity index is 853. The van der Waals surface area contributed by atoms with Gasteiger partial charge in [-0.1, -0.05) is 25.1 Å². The van der Waals surface area contributed by atoms with Crippen molar-refractivity contribution in [3.8, 4) is 10.6 Å². The number of hydrogen-bond donors (Lipinski definition) is 1. The molecule has 0 saturated carbocycles. The first-order valence-electron chi connectivity index (χ1n) is 7.86. The molecule has 3 nitrogen and oxygen atoms in total. The van der Waals surface area contributed by atoms with Gasteiger partial charge in [0.25, 0.3) is 5.91 Å². The number of amides is 1. The van der Waals surface area contributed by atoms with Gasteiger partial charge in [0.2, 0.25) is 0 Å². The molecule has 1 unspecified atom stereocenters. The summed E-state index contributed by atoms with van der Waals surface area (Å²) in [6.07, 6.45) is 0.908. The summed E-state index contributed by atoms with van der Waals surface area (Å²) < 4.78 is 0. The topological polar surface area (TPSA) is 42.0 Å². The second kappa shape index (κ2) is 6.50. The molecule has 0 aliphatic heterocycles. The van der Waals surface area contributed by atoms with Gasteiger partial charge in [0, 0.05) is 16.3 Å². The second-order valence-corrected chi connectivity index (χ2v) is 7.05. The molecular weight excluding hydrogens is 304 g/mol. The van der Waals surface area contributed by atoms with E-state index >= 15 is 0 Å². The number of rotatable bonds is 4. The van der Waals surface area contributed by atoms with Crippen LogP contribution < -0.4 is 5.32 Å². The average Bonchev–Trinajstić information content (AvgIpc) is 3.00. The van der Waals surface area contributed by atoms with Gasteiger partial charge in [0.15, 0.2) is 0 Å². The van der Waals surface area contributed by atoms with Crippen LogP contribution in [0.4, 0.5) is 0 Å². The van der Waals surface area contributed by atoms with Gasteiger partial charge in [-0.15, -0.1) is 11.3 Å². The molecule has 0 aliphatic carbocycles. The van der Waals surface area contributed by atoms with Crippen LogP contribution in [-0.2, 0) is 0 Å². The van der Waals surface area contributed by atoms with E-state index in [1.165, 1.54) is 4.88 Å². The van der Waals surface area contributed by atoms with Crippen LogP contribution in [0.25, 0.3) is 21.5 Å². The first-order valence-corrected chi connectivity index (χ1v) is 8.67. The lowest BCUT2D eigenvalue weighted by Crippen LogP contribution is -2.32. The molecule has 1 atom stereocenters. The molecule has 0 saturated heterocycles. The van der Waals surface area contributed by atoms with Crippen LogP contribution in [0, 0.1) is 6.92 Å². The number of pyridine rings is 1. The molecular formula is C19H20N2OS. The van der Waals surface area contributed by atoms with Crippen LogP contribution in [-0.4, -0.2) is 16.9 Å². The maximum atomic E-state index is 12.7. The van der Waals surface area contributed by atoms with Crippen molar-refractivity contribution < 1.29 is 4.79 Å². The van der Waals surface area contributed by atoms with E-state index in [1.807, 2.05) is 37.3 Å². The molecule has 1 N–H and O–H groups in total. The quantitative estimate of drug-likeness (QED) is 0.749. The fourth-order valence-electron chi connectivity index (χ4n) is 2.47. The summed E-state index contributed by atoms with van der Waals surface area (Å²) in [6, 6.07) is 14.0. The van der Waals surface area contributed by atoms with Crippen molar-refractivity contribution in [1.82, 2.24) is 10.3 Å². The van der Waals surface area contributed by atoms with Crippen LogP contribution >= 0.6 is 11.3 Å². The van der Waals surface area contributed by atoms with Crippen LogP contribution in [0.3, 0.4) is 0 Å². The summed E-state index contributed by atoms with van der Waals surface area (Å²) in [6.45, 7) is 6.16. The van der Waals surface area contributed by atoms with Crippen LogP contribution in [0.15, 0.2) is 42.5 Å². The zero-order valence-electron chi connectivity index (χ0n) is 13.6. The molecule has 2 heterocycles. The highest BCUT2D eigenvalue weighted by atomic mass is 32.1. The van der Waals surface area contributed by atoms with Crippen LogP contribution in [0.5, 0.6) is 0 Å². The van der Waals surface area contributed by atoms with E-state index in [-0.39, 0.29) is 11.9 Å². The molecule has 1 amide bonds. The SMILES string of the molecule is CCC(C)NC(=O)c1cc(-c2ccc(C)s2)nc2ccccc12. The standard InChI is InChI=1S/C19H20N2OS/c1-4-12(2)20-19(22)15-11-17(18-10-9-13(3)23-18)21-16-8-6-5-7-14(15)16/h5-12H,4H2,1-3H3,(H,20,22). The minimum absolute atomic E-state index is 0.0347. The number of thiophene rings is 1. The molecule has 0 bridgehead atoms. The third kappa shape index (κ3) is 3.27. The lowest BCUT2D eigenvalue weighted by Gasteiger charge is -2.13. The first-order chi connectivity index (χ1) is 11.1. The molecule has 0 aliphatic rings. The number of carbonyl (C=O) groups excluding carboxylic acids is 1. The Hall–Kier alpha value is -2.20. The van der Waals surface area contributed by atoms with Crippen molar-refractivity contribution in [2.45, 2.75) is 33.2 Å². The summed E-state index contributed by atoms with van der Waals surface area (Å²) in [7, 11) is 0. The summed E-state index contributed by atoms with van der Waals surface area (Å²) in [5.41, 5.74) is 2.40. The first kappa shape index (κ1) is 15.7. The summed E-state index contributed by atoms with van der Waals surface area (Å²) in [5.74, 6) is -0.0347. The largest absolute Gasteiger partial charge is 0.350 e. The molecule has 23 heavy (non-hydrogen) atoms. The molecule has 1 aromatic carbocycles. The molecule has 3 rings (SSSR count). The smallest absolute Gasteiger partial charge is 0.252 e. The highest BCUT2D eigenvalue weighted by molar-refractivity contribution is 7.15. The third-order valence-corrected chi connectivity index (χ3v) is 4.97. The number of fused-ring (bicyclic) bond motifs is 1. The summed E-state index contributed by atoms with van der Waals surface area (Å²) >= 11 is 1.69. The van der Waals surface area contributed by atoms with E-state index in [1.54, 1.807) is 11.3 Å². The molecule has 3 aromatic rings. The fraction of sp³-hybridized carbons (Fsp3) is 0.263. The van der Waals surface area contributed by atoms with Crippen LogP contribution in [0.1, 0.15) is 35.5 Å². The van der Waals surface area contributed by atoms with Gasteiger partial charge >= 0.3 is 0 Å². The minimum atomic E-state index is -0.0347. The number of aromatic nitrogens is 1. The van der Waals surface area contributed by atoms with Crippen LogP contribution in [0.2, 0.25) is 0 Å². The Morgan fingerprint density at radius 3 is 2.74 bits per heavy atom. The van der Waals surface area contributed by atoms with E-state index < -0.39 is 0 Å². The highest BCUT2D eigenvalue weighted by Crippen LogP contribution is 2.29. The zero-order valence-corrected chi connectivity index (χ0v) is 14.4. The van der Waals surface area contributed by atoms with Gasteiger partial charge in [-0.3, -0.25) is 4.79 Å². The molecule has 0 fully saturated rings. The number of carbonyl (C=O) groups is 1. The lowest BCUT2D eigenvalue weighted by molar-refractivity contribution is 0.0941. The number of nitrogens with zero attached hydrogens (tertiary/aromatic N) is 1. The monoisotopic (exact) mass is 324 g/mol. The number of nitrogens with one attached hydrogen (secondary N) is 1. The predicted octanol–water partition coefficient (Wildman–Crippen LogP) is 4.80. The van der Waals surface area contributed by atoms with E-state index in [9.17, 15) is 4.79 Å². The maximum absolute atomic E-state index is 12.7. The van der Waals surface area contributed by atoms with Crippen molar-refractivity contribution in [1.29, 1.82) is 0 Å². The minimum Gasteiger partial charge on any atom is -0.350 e. The Morgan fingerprint density at radius 2 is 2.04 bits per heavy atom. The number of benzene rings is 1. The Labute approximate surface area is 140 Å². The van der Waals surface area contributed by atoms with Crippen molar-refractivity contribution in [3.63, 3.8) is 0 Å². The Balaban J connectivity index is 2.13. The Kier molecular flexibility index (Phi) is 4.44. The average molecular weight is 324 g/mol. The van der Waals surface area contributed by atoms with Gasteiger partial charge in [-0.05, 0) is 44.5 Å². The molecule has 4 heteroatoms. The Morgan fingerprint density at radius 1 is 1.26 bits per heavy atom. The van der Waals surface area contributed by atoms with Gasteiger partial charge in [-0.25, -0.2) is 4.98 Å². The van der Waals surface area contributed by atoms with Crippen molar-refractivity contribution in [2.24, 2.45) is 0 Å². The van der Waals surface area contributed by atoms with Crippen molar-refractivity contribution in [3.05, 3.63) is 52.9 Å². The van der Waals surface area contributed by atoms with E-state index in [0.29, 0.717) is 5.56 Å². The number of para-hydroxylation sites is 1. The van der Waals surface area contributed by atoms with Crippen molar-refractivity contribution >= 4 is 28.1 Å². The maximum Gasteiger partial charge on any atom is 0.252 e. The summed E-state index contributed by atoms with van der Waals surface area (Å²) in [5, 5.41) is 3.95. The number of hydrogen-bond acceptors (Lipinski definition) is 3. The second-order valence-electron chi connectivity index (χ2n) is 5.77. The lowest BCUT2D eigenvalue weighted by atomic mass is 10.1. The van der Waals surface area contributed by atoms with Gasteiger partial charge in [-0.2, -0.15) is 0 Å². The van der Waals surface area contributed by atoms with E-state index in [4.69, 9.17) is 4.98 Å². The number of aryl methyl sites for hydroxylation is 1. The fourth-order valence-corrected chi connectivity index (χ4v) is 3.29. The zero-order chi connectivity index (χ0) is 16.4. The van der Waals surface area contributed by atoms with Gasteiger partial charge in [0.05, 0.1) is 21.7 Å². The highest BCUT2D eigenvalue weighted by Gasteiger charge is 2.15. The third-order valence-electron chi connectivity index (χ3n) is 3.94. The summed E-state index contributed by atoms with van der Waals surface area (Å²) in [4.78, 5) is 19.7. The molecule has 0 spiro atoms. The van der Waals surface area contributed by atoms with E-state index in [0.717, 1.165) is 27.9 Å². The van der Waals surface area contributed by atoms with Gasteiger partial charge in [0.1, 0.15) is 0 Å². The van der Waals surface area contributed by atoms with Gasteiger partial charge < -0.3 is 5.32 Å². The van der Waals surface area contributed by atoms with E-state index in [2.05, 4.69) is 31.3 Å². The normalized spacial score (nSPS) is 12.3.